The summed E-state index contributed by atoms with van der Waals surface area (Å²) in [5.41, 5.74) is 2.19. The van der Waals surface area contributed by atoms with E-state index in [9.17, 15) is 0 Å². The summed E-state index contributed by atoms with van der Waals surface area (Å²) < 4.78 is 11.2. The molecule has 2 rings (SSSR count). The number of hydrogen-bond donors (Lipinski definition) is 1. The lowest BCUT2D eigenvalue weighted by molar-refractivity contribution is 0.283. The molecule has 20 heavy (non-hydrogen) atoms. The average molecular weight is 292 g/mol. The Morgan fingerprint density at radius 2 is 2.15 bits per heavy atom. The Morgan fingerprint density at radius 3 is 2.75 bits per heavy atom. The zero-order valence-corrected chi connectivity index (χ0v) is 13.1. The number of aryl methyl sites for hydroxylation is 1. The minimum atomic E-state index is 0.277. The van der Waals surface area contributed by atoms with Crippen LogP contribution in [0, 0.1) is 6.92 Å². The summed E-state index contributed by atoms with van der Waals surface area (Å²) >= 11 is 1.61. The van der Waals surface area contributed by atoms with Crippen molar-refractivity contribution in [3.05, 3.63) is 39.8 Å². The zero-order chi connectivity index (χ0) is 14.5. The van der Waals surface area contributed by atoms with Crippen molar-refractivity contribution in [1.29, 1.82) is 0 Å². The van der Waals surface area contributed by atoms with Crippen LogP contribution >= 0.6 is 11.3 Å². The molecule has 1 aromatic carbocycles. The maximum absolute atomic E-state index is 5.80. The fourth-order valence-electron chi connectivity index (χ4n) is 1.85. The lowest BCUT2D eigenvalue weighted by atomic mass is 10.1. The average Bonchev–Trinajstić information content (AvgIpc) is 2.89. The number of nitrogens with zero attached hydrogens (tertiary/aromatic N) is 1. The Balaban J connectivity index is 2.11. The van der Waals surface area contributed by atoms with Gasteiger partial charge in [-0.05, 0) is 38.6 Å². The van der Waals surface area contributed by atoms with Crippen molar-refractivity contribution in [1.82, 2.24) is 10.3 Å². The first-order chi connectivity index (χ1) is 9.63. The van der Waals surface area contributed by atoms with E-state index in [1.807, 2.05) is 37.6 Å². The predicted molar refractivity (Wildman–Crippen MR) is 81.7 cm³/mol. The molecule has 1 unspecified atom stereocenters. The molecular weight excluding hydrogens is 272 g/mol. The van der Waals surface area contributed by atoms with Gasteiger partial charge in [0.25, 0.3) is 0 Å². The number of aromatic nitrogens is 1. The standard InChI is InChI=1S/C15H20N2O2S/c1-10-9-20-15(17-10)8-19-13-6-5-12(11(2)16-3)7-14(13)18-4/h5-7,9,11,16H,8H2,1-4H3. The van der Waals surface area contributed by atoms with Crippen molar-refractivity contribution in [2.45, 2.75) is 26.5 Å². The first-order valence-electron chi connectivity index (χ1n) is 6.53. The van der Waals surface area contributed by atoms with Gasteiger partial charge in [0.15, 0.2) is 11.5 Å². The summed E-state index contributed by atoms with van der Waals surface area (Å²) in [4.78, 5) is 4.38. The minimum absolute atomic E-state index is 0.277. The molecule has 108 valence electrons. The van der Waals surface area contributed by atoms with Crippen LogP contribution in [0.2, 0.25) is 0 Å². The molecule has 0 bridgehead atoms. The van der Waals surface area contributed by atoms with Gasteiger partial charge in [0.05, 0.1) is 7.11 Å². The third-order valence-electron chi connectivity index (χ3n) is 3.14. The third-order valence-corrected chi connectivity index (χ3v) is 4.08. The quantitative estimate of drug-likeness (QED) is 0.887. The molecule has 2 aromatic rings. The van der Waals surface area contributed by atoms with Crippen molar-refractivity contribution in [3.8, 4) is 11.5 Å². The van der Waals surface area contributed by atoms with Gasteiger partial charge in [-0.1, -0.05) is 6.07 Å². The monoisotopic (exact) mass is 292 g/mol. The van der Waals surface area contributed by atoms with E-state index in [-0.39, 0.29) is 6.04 Å². The summed E-state index contributed by atoms with van der Waals surface area (Å²) in [6, 6.07) is 6.28. The molecule has 0 aliphatic heterocycles. The molecule has 5 heteroatoms. The summed E-state index contributed by atoms with van der Waals surface area (Å²) in [6.07, 6.45) is 0. The molecule has 1 aromatic heterocycles. The second-order valence-corrected chi connectivity index (χ2v) is 5.53. The molecule has 1 atom stereocenters. The van der Waals surface area contributed by atoms with E-state index in [1.165, 1.54) is 5.56 Å². The summed E-state index contributed by atoms with van der Waals surface area (Å²) in [7, 11) is 3.59. The fraction of sp³-hybridized carbons (Fsp3) is 0.400. The van der Waals surface area contributed by atoms with E-state index in [0.29, 0.717) is 6.61 Å². The van der Waals surface area contributed by atoms with Gasteiger partial charge in [0, 0.05) is 17.1 Å². The van der Waals surface area contributed by atoms with E-state index in [0.717, 1.165) is 22.2 Å². The number of benzene rings is 1. The highest BCUT2D eigenvalue weighted by molar-refractivity contribution is 7.09. The van der Waals surface area contributed by atoms with Crippen LogP contribution in [-0.4, -0.2) is 19.1 Å². The zero-order valence-electron chi connectivity index (χ0n) is 12.3. The Kier molecular flexibility index (Phi) is 4.98. The molecule has 0 amide bonds. The SMILES string of the molecule is CNC(C)c1ccc(OCc2nc(C)cs2)c(OC)c1. The first-order valence-corrected chi connectivity index (χ1v) is 7.41. The first kappa shape index (κ1) is 14.8. The van der Waals surface area contributed by atoms with Gasteiger partial charge in [0.2, 0.25) is 0 Å². The molecule has 1 N–H and O–H groups in total. The highest BCUT2D eigenvalue weighted by Gasteiger charge is 2.10. The molecule has 4 nitrogen and oxygen atoms in total. The van der Waals surface area contributed by atoms with Crippen LogP contribution in [0.5, 0.6) is 11.5 Å². The van der Waals surface area contributed by atoms with Crippen molar-refractivity contribution in [2.24, 2.45) is 0 Å². The Bertz CT molecular complexity index is 569. The van der Waals surface area contributed by atoms with Crippen LogP contribution in [-0.2, 0) is 6.61 Å². The number of nitrogens with one attached hydrogen (secondary N) is 1. The van der Waals surface area contributed by atoms with Gasteiger partial charge in [-0.3, -0.25) is 0 Å². The van der Waals surface area contributed by atoms with Crippen molar-refractivity contribution < 1.29 is 9.47 Å². The third kappa shape index (κ3) is 3.49. The highest BCUT2D eigenvalue weighted by atomic mass is 32.1. The molecule has 0 spiro atoms. The highest BCUT2D eigenvalue weighted by Crippen LogP contribution is 2.31. The molecule has 1 heterocycles. The van der Waals surface area contributed by atoms with E-state index < -0.39 is 0 Å². The van der Waals surface area contributed by atoms with E-state index in [4.69, 9.17) is 9.47 Å². The number of thiazole rings is 1. The predicted octanol–water partition coefficient (Wildman–Crippen LogP) is 3.32. The summed E-state index contributed by atoms with van der Waals surface area (Å²) in [6.45, 7) is 4.55. The van der Waals surface area contributed by atoms with Crippen LogP contribution in [0.3, 0.4) is 0 Å². The molecule has 0 fully saturated rings. The van der Waals surface area contributed by atoms with Crippen LogP contribution in [0.25, 0.3) is 0 Å². The lowest BCUT2D eigenvalue weighted by Crippen LogP contribution is -2.12. The number of ether oxygens (including phenoxy) is 2. The van der Waals surface area contributed by atoms with E-state index >= 15 is 0 Å². The van der Waals surface area contributed by atoms with Gasteiger partial charge in [0.1, 0.15) is 11.6 Å². The van der Waals surface area contributed by atoms with Gasteiger partial charge in [-0.25, -0.2) is 4.98 Å². The molecule has 0 aliphatic rings. The topological polar surface area (TPSA) is 43.4 Å². The minimum Gasteiger partial charge on any atom is -0.493 e. The normalized spacial score (nSPS) is 12.2. The van der Waals surface area contributed by atoms with Gasteiger partial charge in [-0.2, -0.15) is 0 Å². The van der Waals surface area contributed by atoms with Crippen molar-refractivity contribution in [2.75, 3.05) is 14.2 Å². The molecule has 0 saturated heterocycles. The van der Waals surface area contributed by atoms with E-state index in [1.54, 1.807) is 18.4 Å². The molecule has 0 aliphatic carbocycles. The van der Waals surface area contributed by atoms with Crippen LogP contribution in [0.4, 0.5) is 0 Å². The maximum Gasteiger partial charge on any atom is 0.161 e. The fourth-order valence-corrected chi connectivity index (χ4v) is 2.53. The van der Waals surface area contributed by atoms with Crippen molar-refractivity contribution >= 4 is 11.3 Å². The molecule has 0 radical (unpaired) electrons. The van der Waals surface area contributed by atoms with Crippen LogP contribution in [0.1, 0.15) is 29.2 Å². The second kappa shape index (κ2) is 6.72. The van der Waals surface area contributed by atoms with E-state index in [2.05, 4.69) is 17.2 Å². The van der Waals surface area contributed by atoms with Crippen LogP contribution in [0.15, 0.2) is 23.6 Å². The number of methoxy groups -OCH3 is 1. The van der Waals surface area contributed by atoms with Crippen molar-refractivity contribution in [3.63, 3.8) is 0 Å². The largest absolute Gasteiger partial charge is 0.493 e. The van der Waals surface area contributed by atoms with Gasteiger partial charge in [-0.15, -0.1) is 11.3 Å². The van der Waals surface area contributed by atoms with Gasteiger partial charge < -0.3 is 14.8 Å². The molecular formula is C15H20N2O2S. The lowest BCUT2D eigenvalue weighted by Gasteiger charge is -2.15. The second-order valence-electron chi connectivity index (χ2n) is 4.59. The molecule has 0 saturated carbocycles. The Morgan fingerprint density at radius 1 is 1.35 bits per heavy atom. The van der Waals surface area contributed by atoms with Gasteiger partial charge >= 0.3 is 0 Å². The van der Waals surface area contributed by atoms with Crippen LogP contribution < -0.4 is 14.8 Å². The Labute approximate surface area is 123 Å². The maximum atomic E-state index is 5.80. The summed E-state index contributed by atoms with van der Waals surface area (Å²) in [5, 5.41) is 6.20. The Hall–Kier alpha value is -1.59. The number of hydrogen-bond acceptors (Lipinski definition) is 5. The number of rotatable bonds is 6. The smallest absolute Gasteiger partial charge is 0.161 e. The summed E-state index contributed by atoms with van der Waals surface area (Å²) in [5.74, 6) is 1.49.